The van der Waals surface area contributed by atoms with Crippen molar-refractivity contribution >= 4 is 11.9 Å². The maximum atomic E-state index is 11.4. The van der Waals surface area contributed by atoms with E-state index in [9.17, 15) is 9.59 Å². The van der Waals surface area contributed by atoms with Crippen molar-refractivity contribution in [2.75, 3.05) is 13.1 Å². The molecule has 1 aliphatic heterocycles. The number of carbonyl (C=O) groups is 2. The number of amides is 3. The molecule has 3 amide bonds. The summed E-state index contributed by atoms with van der Waals surface area (Å²) in [6.45, 7) is 3.02. The molecular weight excluding hydrogens is 264 g/mol. The summed E-state index contributed by atoms with van der Waals surface area (Å²) in [5, 5.41) is 2.55. The smallest absolute Gasteiger partial charge is 0.324 e. The molecule has 0 aromatic carbocycles. The topological polar surface area (TPSA) is 49.4 Å². The van der Waals surface area contributed by atoms with Crippen molar-refractivity contribution in [2.45, 2.75) is 84.0 Å². The summed E-state index contributed by atoms with van der Waals surface area (Å²) in [6, 6.07) is -0.219. The highest BCUT2D eigenvalue weighted by Gasteiger charge is 2.27. The Bertz CT molecular complexity index is 289. The zero-order valence-corrected chi connectivity index (χ0v) is 13.7. The van der Waals surface area contributed by atoms with E-state index in [4.69, 9.17) is 0 Å². The monoisotopic (exact) mass is 296 g/mol. The highest BCUT2D eigenvalue weighted by molar-refractivity contribution is 6.01. The lowest BCUT2D eigenvalue weighted by Crippen LogP contribution is -2.31. The Morgan fingerprint density at radius 2 is 1.29 bits per heavy atom. The van der Waals surface area contributed by atoms with E-state index in [1.807, 2.05) is 0 Å². The number of imide groups is 1. The molecule has 0 radical (unpaired) electrons. The van der Waals surface area contributed by atoms with Gasteiger partial charge in [0.1, 0.15) is 0 Å². The average Bonchev–Trinajstić information content (AvgIpc) is 2.80. The van der Waals surface area contributed by atoms with E-state index < -0.39 is 0 Å². The highest BCUT2D eigenvalue weighted by atomic mass is 16.2. The van der Waals surface area contributed by atoms with Gasteiger partial charge in [0.25, 0.3) is 0 Å². The Morgan fingerprint density at radius 3 is 1.71 bits per heavy atom. The number of rotatable bonds is 13. The van der Waals surface area contributed by atoms with Crippen LogP contribution in [0, 0.1) is 0 Å². The molecule has 1 fully saturated rings. The molecule has 4 heteroatoms. The first-order valence-electron chi connectivity index (χ1n) is 8.84. The standard InChI is InChI=1S/C17H32N2O2/c1-2-3-4-5-6-7-8-9-10-11-12-13-14-19-16(20)15-18-17(19)21/h2-15H2,1H3,(H,18,21). The predicted molar refractivity (Wildman–Crippen MR) is 86.2 cm³/mol. The van der Waals surface area contributed by atoms with Gasteiger partial charge in [0.2, 0.25) is 5.91 Å². The van der Waals surface area contributed by atoms with Crippen LogP contribution < -0.4 is 5.32 Å². The van der Waals surface area contributed by atoms with E-state index in [1.165, 1.54) is 69.1 Å². The van der Waals surface area contributed by atoms with Crippen molar-refractivity contribution in [3.05, 3.63) is 0 Å². The summed E-state index contributed by atoms with van der Waals surface area (Å²) in [5.41, 5.74) is 0. The molecule has 1 N–H and O–H groups in total. The second-order valence-corrected chi connectivity index (χ2v) is 6.09. The van der Waals surface area contributed by atoms with Crippen LogP contribution in [0.2, 0.25) is 0 Å². The number of hydrogen-bond acceptors (Lipinski definition) is 2. The van der Waals surface area contributed by atoms with Gasteiger partial charge in [-0.15, -0.1) is 0 Å². The summed E-state index contributed by atoms with van der Waals surface area (Å²) in [7, 11) is 0. The fraction of sp³-hybridized carbons (Fsp3) is 0.882. The van der Waals surface area contributed by atoms with E-state index in [1.54, 1.807) is 0 Å². The maximum absolute atomic E-state index is 11.4. The molecule has 21 heavy (non-hydrogen) atoms. The van der Waals surface area contributed by atoms with E-state index in [0.29, 0.717) is 6.54 Å². The van der Waals surface area contributed by atoms with Crippen LogP contribution in [0.1, 0.15) is 84.0 Å². The molecule has 0 unspecified atom stereocenters. The molecule has 0 bridgehead atoms. The van der Waals surface area contributed by atoms with Crippen LogP contribution in [0.4, 0.5) is 4.79 Å². The first-order valence-corrected chi connectivity index (χ1v) is 8.84. The number of unbranched alkanes of at least 4 members (excludes halogenated alkanes) is 11. The third-order valence-corrected chi connectivity index (χ3v) is 4.17. The van der Waals surface area contributed by atoms with Crippen molar-refractivity contribution in [3.63, 3.8) is 0 Å². The quantitative estimate of drug-likeness (QED) is 0.408. The predicted octanol–water partition coefficient (Wildman–Crippen LogP) is 4.24. The summed E-state index contributed by atoms with van der Waals surface area (Å²) in [4.78, 5) is 24.0. The molecule has 0 aliphatic carbocycles. The SMILES string of the molecule is CCCCCCCCCCCCCCN1C(=O)CNC1=O. The summed E-state index contributed by atoms with van der Waals surface area (Å²) < 4.78 is 0. The van der Waals surface area contributed by atoms with Gasteiger partial charge in [0.15, 0.2) is 0 Å². The van der Waals surface area contributed by atoms with Gasteiger partial charge in [-0.25, -0.2) is 4.79 Å². The molecule has 4 nitrogen and oxygen atoms in total. The first-order chi connectivity index (χ1) is 10.3. The average molecular weight is 296 g/mol. The van der Waals surface area contributed by atoms with Crippen LogP contribution in [-0.4, -0.2) is 29.9 Å². The zero-order valence-electron chi connectivity index (χ0n) is 13.7. The highest BCUT2D eigenvalue weighted by Crippen LogP contribution is 2.12. The molecule has 0 aromatic rings. The molecule has 0 saturated carbocycles. The molecule has 0 spiro atoms. The van der Waals surface area contributed by atoms with Crippen molar-refractivity contribution in [3.8, 4) is 0 Å². The largest absolute Gasteiger partial charge is 0.329 e. The van der Waals surface area contributed by atoms with Crippen LogP contribution in [0.25, 0.3) is 0 Å². The molecular formula is C17H32N2O2. The van der Waals surface area contributed by atoms with Crippen LogP contribution in [0.5, 0.6) is 0 Å². The zero-order chi connectivity index (χ0) is 15.3. The fourth-order valence-electron chi connectivity index (χ4n) is 2.79. The lowest BCUT2D eigenvalue weighted by Gasteiger charge is -2.11. The lowest BCUT2D eigenvalue weighted by molar-refractivity contribution is -0.125. The van der Waals surface area contributed by atoms with Crippen molar-refractivity contribution in [1.29, 1.82) is 0 Å². The van der Waals surface area contributed by atoms with Gasteiger partial charge < -0.3 is 5.32 Å². The van der Waals surface area contributed by atoms with Gasteiger partial charge >= 0.3 is 6.03 Å². The molecule has 1 saturated heterocycles. The van der Waals surface area contributed by atoms with Gasteiger partial charge in [0.05, 0.1) is 6.54 Å². The molecule has 0 atom stereocenters. The van der Waals surface area contributed by atoms with E-state index >= 15 is 0 Å². The van der Waals surface area contributed by atoms with Gasteiger partial charge in [-0.2, -0.15) is 0 Å². The number of hydrogen-bond donors (Lipinski definition) is 1. The van der Waals surface area contributed by atoms with E-state index in [0.717, 1.165) is 12.8 Å². The van der Waals surface area contributed by atoms with Gasteiger partial charge in [0, 0.05) is 6.54 Å². The molecule has 1 heterocycles. The Balaban J connectivity index is 1.80. The lowest BCUT2D eigenvalue weighted by atomic mass is 10.1. The van der Waals surface area contributed by atoms with Crippen molar-refractivity contribution in [1.82, 2.24) is 10.2 Å². The number of nitrogens with zero attached hydrogens (tertiary/aromatic N) is 1. The Labute approximate surface area is 129 Å². The Hall–Kier alpha value is -1.06. The van der Waals surface area contributed by atoms with Crippen molar-refractivity contribution < 1.29 is 9.59 Å². The number of carbonyl (C=O) groups excluding carboxylic acids is 2. The van der Waals surface area contributed by atoms with Gasteiger partial charge in [-0.1, -0.05) is 77.6 Å². The van der Waals surface area contributed by atoms with Crippen LogP contribution >= 0.6 is 0 Å². The normalized spacial score (nSPS) is 14.8. The van der Waals surface area contributed by atoms with Crippen LogP contribution in [0.15, 0.2) is 0 Å². The maximum Gasteiger partial charge on any atom is 0.324 e. The Morgan fingerprint density at radius 1 is 0.810 bits per heavy atom. The van der Waals surface area contributed by atoms with Crippen LogP contribution in [0.3, 0.4) is 0 Å². The molecule has 0 aromatic heterocycles. The van der Waals surface area contributed by atoms with Crippen molar-refractivity contribution in [2.24, 2.45) is 0 Å². The summed E-state index contributed by atoms with van der Waals surface area (Å²) >= 11 is 0. The third-order valence-electron chi connectivity index (χ3n) is 4.17. The van der Waals surface area contributed by atoms with Crippen LogP contribution in [-0.2, 0) is 4.79 Å². The minimum atomic E-state index is -0.219. The minimum absolute atomic E-state index is 0.0805. The number of urea groups is 1. The van der Waals surface area contributed by atoms with Gasteiger partial charge in [-0.3, -0.25) is 9.69 Å². The second kappa shape index (κ2) is 11.6. The molecule has 1 rings (SSSR count). The fourth-order valence-corrected chi connectivity index (χ4v) is 2.79. The molecule has 1 aliphatic rings. The molecule has 122 valence electrons. The number of nitrogens with one attached hydrogen (secondary N) is 1. The van der Waals surface area contributed by atoms with E-state index in [-0.39, 0.29) is 18.5 Å². The third kappa shape index (κ3) is 8.08. The first kappa shape index (κ1) is 18.0. The summed E-state index contributed by atoms with van der Waals surface area (Å²) in [5.74, 6) is -0.0805. The second-order valence-electron chi connectivity index (χ2n) is 6.09. The van der Waals surface area contributed by atoms with E-state index in [2.05, 4.69) is 12.2 Å². The van der Waals surface area contributed by atoms with Gasteiger partial charge in [-0.05, 0) is 6.42 Å². The Kier molecular flexibility index (Phi) is 9.92. The summed E-state index contributed by atoms with van der Waals surface area (Å²) in [6.07, 6.45) is 15.5. The minimum Gasteiger partial charge on any atom is -0.329 e.